The molecule has 0 unspecified atom stereocenters. The van der Waals surface area contributed by atoms with Gasteiger partial charge in [-0.15, -0.1) is 0 Å². The number of carbonyl (C=O) groups is 6. The van der Waals surface area contributed by atoms with Gasteiger partial charge in [0.25, 0.3) is 0 Å². The number of hydrogen-bond donors (Lipinski definition) is 10. The normalized spacial score (nSPS) is 15.8. The standard InChI is InChI=1S/C40H53N11O8/c41-16-6-5-13-30(35(53)50-31(14-7-17-45-39(42)43)37(55)51-18-8-15-33(51)38(56)57)49-36(54)32(19-24-20-44-23-47-24)48-34(52)21-46-40(58)59-22-29-27-11-3-1-9-25(27)26-10-2-4-12-28(26)29/h1-4,9-12,20,23,29-33H,5-8,13-19,21-22,41H2,(H,44,47)(H,46,58)(H,48,52)(H,49,54)(H,50,53)(H,56,57)(H4,42,43,45)/t30-,31-,32-,33-/m0/s1. The van der Waals surface area contributed by atoms with Crippen molar-refractivity contribution in [3.8, 4) is 11.1 Å². The second-order valence-corrected chi connectivity index (χ2v) is 14.5. The molecule has 1 aliphatic carbocycles. The van der Waals surface area contributed by atoms with Gasteiger partial charge in [0.15, 0.2) is 5.96 Å². The minimum atomic E-state index is -1.24. The zero-order valence-corrected chi connectivity index (χ0v) is 32.7. The molecule has 3 aromatic rings. The Labute approximate surface area is 341 Å². The van der Waals surface area contributed by atoms with Crippen LogP contribution < -0.4 is 38.1 Å². The number of amides is 5. The zero-order chi connectivity index (χ0) is 42.3. The quantitative estimate of drug-likeness (QED) is 0.0398. The number of H-pyrrole nitrogens is 1. The fourth-order valence-electron chi connectivity index (χ4n) is 7.45. The topological polar surface area (TPSA) is 300 Å². The molecule has 5 rings (SSSR count). The van der Waals surface area contributed by atoms with Crippen molar-refractivity contribution >= 4 is 41.7 Å². The number of nitrogens with two attached hydrogens (primary N) is 2. The van der Waals surface area contributed by atoms with Crippen LogP contribution in [0.3, 0.4) is 0 Å². The number of rotatable bonds is 21. The molecule has 0 saturated carbocycles. The van der Waals surface area contributed by atoms with Gasteiger partial charge in [-0.3, -0.25) is 24.6 Å². The lowest BCUT2D eigenvalue weighted by Crippen LogP contribution is -2.58. The molecule has 316 valence electrons. The number of imidazole rings is 1. The van der Waals surface area contributed by atoms with Crippen LogP contribution in [0.5, 0.6) is 0 Å². The minimum Gasteiger partial charge on any atom is -0.480 e. The van der Waals surface area contributed by atoms with Gasteiger partial charge in [-0.1, -0.05) is 48.5 Å². The highest BCUT2D eigenvalue weighted by atomic mass is 16.5. The summed E-state index contributed by atoms with van der Waals surface area (Å²) in [5.74, 6) is -4.31. The molecule has 4 atom stereocenters. The largest absolute Gasteiger partial charge is 0.480 e. The third kappa shape index (κ3) is 12.0. The van der Waals surface area contributed by atoms with Gasteiger partial charge in [-0.25, -0.2) is 14.6 Å². The lowest BCUT2D eigenvalue weighted by atomic mass is 9.98. The van der Waals surface area contributed by atoms with Gasteiger partial charge in [0.2, 0.25) is 23.6 Å². The second kappa shape index (κ2) is 21.3. The molecule has 1 saturated heterocycles. The van der Waals surface area contributed by atoms with E-state index >= 15 is 0 Å². The molecule has 2 heterocycles. The van der Waals surface area contributed by atoms with E-state index in [1.807, 2.05) is 48.5 Å². The number of aliphatic carboxylic acids is 1. The summed E-state index contributed by atoms with van der Waals surface area (Å²) >= 11 is 0. The number of hydrogen-bond acceptors (Lipinski definition) is 10. The number of guanidine groups is 1. The summed E-state index contributed by atoms with van der Waals surface area (Å²) in [5.41, 5.74) is 15.7. The van der Waals surface area contributed by atoms with Crippen molar-refractivity contribution in [2.75, 3.05) is 32.8 Å². The summed E-state index contributed by atoms with van der Waals surface area (Å²) in [4.78, 5) is 87.6. The average Bonchev–Trinajstić information content (AvgIpc) is 4.00. The second-order valence-electron chi connectivity index (χ2n) is 14.5. The van der Waals surface area contributed by atoms with Crippen LogP contribution in [0, 0.1) is 5.41 Å². The number of carboxylic acids is 1. The average molecular weight is 816 g/mol. The number of carboxylic acid groups (broad SMARTS) is 1. The molecule has 2 aliphatic rings. The Hall–Kier alpha value is -6.50. The molecule has 1 aromatic heterocycles. The molecule has 0 spiro atoms. The monoisotopic (exact) mass is 815 g/mol. The number of fused-ring (bicyclic) bond motifs is 3. The zero-order valence-electron chi connectivity index (χ0n) is 32.7. The predicted octanol–water partition coefficient (Wildman–Crippen LogP) is 0.413. The SMILES string of the molecule is N=C(N)NCCC[C@H](NC(=O)[C@H](CCCCN)NC(=O)[C@H](Cc1c[nH]cn1)NC(=O)CNC(=O)OCC1c2ccccc2-c2ccccc21)C(=O)N1CCC[C@H]1C(=O)O. The fourth-order valence-corrected chi connectivity index (χ4v) is 7.45. The number of alkyl carbamates (subject to hydrolysis) is 1. The molecule has 0 radical (unpaired) electrons. The highest BCUT2D eigenvalue weighted by Gasteiger charge is 2.38. The predicted molar refractivity (Wildman–Crippen MR) is 216 cm³/mol. The first-order chi connectivity index (χ1) is 28.5. The van der Waals surface area contributed by atoms with Gasteiger partial charge in [0.1, 0.15) is 37.3 Å². The Morgan fingerprint density at radius 3 is 2.20 bits per heavy atom. The molecule has 1 aliphatic heterocycles. The minimum absolute atomic E-state index is 0.0409. The van der Waals surface area contributed by atoms with Crippen LogP contribution in [0.25, 0.3) is 11.1 Å². The van der Waals surface area contributed by atoms with Crippen molar-refractivity contribution < 1.29 is 38.6 Å². The van der Waals surface area contributed by atoms with Crippen LogP contribution in [-0.2, 0) is 35.1 Å². The van der Waals surface area contributed by atoms with Gasteiger partial charge in [0.05, 0.1) is 12.0 Å². The number of unbranched alkanes of at least 4 members (excludes halogenated alkanes) is 1. The molecular weight excluding hydrogens is 763 g/mol. The van der Waals surface area contributed by atoms with Crippen LogP contribution in [0.4, 0.5) is 4.79 Å². The molecular formula is C40H53N11O8. The first-order valence-corrected chi connectivity index (χ1v) is 19.7. The Bertz CT molecular complexity index is 1910. The smallest absolute Gasteiger partial charge is 0.407 e. The molecule has 19 heteroatoms. The number of aromatic amines is 1. The first kappa shape index (κ1) is 43.6. The van der Waals surface area contributed by atoms with E-state index in [4.69, 9.17) is 21.6 Å². The van der Waals surface area contributed by atoms with E-state index in [0.717, 1.165) is 22.3 Å². The van der Waals surface area contributed by atoms with E-state index in [2.05, 4.69) is 36.6 Å². The molecule has 19 nitrogen and oxygen atoms in total. The number of benzene rings is 2. The highest BCUT2D eigenvalue weighted by molar-refractivity contribution is 5.95. The Morgan fingerprint density at radius 1 is 0.898 bits per heavy atom. The van der Waals surface area contributed by atoms with E-state index in [-0.39, 0.29) is 57.3 Å². The summed E-state index contributed by atoms with van der Waals surface area (Å²) in [6.07, 6.45) is 4.31. The maximum Gasteiger partial charge on any atom is 0.407 e. The molecule has 12 N–H and O–H groups in total. The van der Waals surface area contributed by atoms with Gasteiger partial charge in [0, 0.05) is 31.6 Å². The van der Waals surface area contributed by atoms with Crippen LogP contribution in [0.1, 0.15) is 67.7 Å². The van der Waals surface area contributed by atoms with Crippen LogP contribution in [0.2, 0.25) is 0 Å². The van der Waals surface area contributed by atoms with E-state index in [1.165, 1.54) is 11.2 Å². The lowest BCUT2D eigenvalue weighted by Gasteiger charge is -2.29. The Morgan fingerprint density at radius 2 is 1.56 bits per heavy atom. The number of likely N-dealkylation sites (tertiary alicyclic amines) is 1. The number of carbonyl (C=O) groups excluding carboxylic acids is 5. The van der Waals surface area contributed by atoms with E-state index in [9.17, 15) is 33.9 Å². The fraction of sp³-hybridized carbons (Fsp3) is 0.450. The van der Waals surface area contributed by atoms with E-state index in [1.54, 1.807) is 6.20 Å². The van der Waals surface area contributed by atoms with E-state index < -0.39 is 66.4 Å². The third-order valence-corrected chi connectivity index (χ3v) is 10.4. The maximum atomic E-state index is 13.9. The van der Waals surface area contributed by atoms with Crippen molar-refractivity contribution in [1.82, 2.24) is 41.5 Å². The van der Waals surface area contributed by atoms with Crippen molar-refractivity contribution in [2.45, 2.75) is 81.5 Å². The summed E-state index contributed by atoms with van der Waals surface area (Å²) in [7, 11) is 0. The molecule has 5 amide bonds. The number of ether oxygens (including phenoxy) is 1. The number of aromatic nitrogens is 2. The van der Waals surface area contributed by atoms with Gasteiger partial charge < -0.3 is 57.8 Å². The number of nitrogens with one attached hydrogen (secondary N) is 7. The molecule has 1 fully saturated rings. The van der Waals surface area contributed by atoms with Crippen LogP contribution >= 0.6 is 0 Å². The van der Waals surface area contributed by atoms with Crippen molar-refractivity contribution in [1.29, 1.82) is 5.41 Å². The molecule has 2 aromatic carbocycles. The van der Waals surface area contributed by atoms with Gasteiger partial charge in [-0.05, 0) is 73.7 Å². The third-order valence-electron chi connectivity index (χ3n) is 10.4. The Balaban J connectivity index is 1.22. The van der Waals surface area contributed by atoms with Gasteiger partial charge in [-0.2, -0.15) is 0 Å². The summed E-state index contributed by atoms with van der Waals surface area (Å²) < 4.78 is 5.54. The lowest BCUT2D eigenvalue weighted by molar-refractivity contribution is -0.149. The summed E-state index contributed by atoms with van der Waals surface area (Å²) in [6, 6.07) is 11.2. The summed E-state index contributed by atoms with van der Waals surface area (Å²) in [5, 5.41) is 30.3. The molecule has 0 bridgehead atoms. The van der Waals surface area contributed by atoms with Crippen molar-refractivity contribution in [3.63, 3.8) is 0 Å². The number of nitrogens with zero attached hydrogens (tertiary/aromatic N) is 2. The van der Waals surface area contributed by atoms with Gasteiger partial charge >= 0.3 is 12.1 Å². The Kier molecular flexibility index (Phi) is 15.8. The first-order valence-electron chi connectivity index (χ1n) is 19.7. The highest BCUT2D eigenvalue weighted by Crippen LogP contribution is 2.44. The summed E-state index contributed by atoms with van der Waals surface area (Å²) in [6.45, 7) is 0.275. The van der Waals surface area contributed by atoms with Crippen LogP contribution in [0.15, 0.2) is 61.1 Å². The molecule has 59 heavy (non-hydrogen) atoms. The van der Waals surface area contributed by atoms with E-state index in [0.29, 0.717) is 37.9 Å². The van der Waals surface area contributed by atoms with Crippen molar-refractivity contribution in [2.24, 2.45) is 11.5 Å². The van der Waals surface area contributed by atoms with Crippen molar-refractivity contribution in [3.05, 3.63) is 77.9 Å². The van der Waals surface area contributed by atoms with Crippen LogP contribution in [-0.4, -0.2) is 119 Å². The maximum absolute atomic E-state index is 13.9.